The number of carbonyl (C=O) groups is 2. The van der Waals surface area contributed by atoms with Crippen molar-refractivity contribution < 1.29 is 14.3 Å². The van der Waals surface area contributed by atoms with Gasteiger partial charge in [-0.15, -0.1) is 0 Å². The second-order valence-corrected chi connectivity index (χ2v) is 7.59. The van der Waals surface area contributed by atoms with Crippen LogP contribution in [0.25, 0.3) is 0 Å². The Balaban J connectivity index is 1.72. The summed E-state index contributed by atoms with van der Waals surface area (Å²) in [6.45, 7) is 6.18. The molecule has 0 spiro atoms. The fourth-order valence-corrected chi connectivity index (χ4v) is 3.11. The van der Waals surface area contributed by atoms with Crippen LogP contribution in [0.15, 0.2) is 67.0 Å². The van der Waals surface area contributed by atoms with E-state index in [1.165, 1.54) is 6.20 Å². The van der Waals surface area contributed by atoms with E-state index in [9.17, 15) is 9.59 Å². The van der Waals surface area contributed by atoms with Gasteiger partial charge < -0.3 is 10.1 Å². The maximum absolute atomic E-state index is 12.8. The van der Waals surface area contributed by atoms with Crippen LogP contribution in [-0.2, 0) is 16.1 Å². The van der Waals surface area contributed by atoms with Crippen molar-refractivity contribution in [1.29, 1.82) is 0 Å². The van der Waals surface area contributed by atoms with Crippen LogP contribution in [0.2, 0.25) is 0 Å². The van der Waals surface area contributed by atoms with Crippen molar-refractivity contribution in [2.24, 2.45) is 0 Å². The molecule has 1 N–H and O–H groups in total. The first kappa shape index (κ1) is 21.3. The van der Waals surface area contributed by atoms with E-state index in [0.29, 0.717) is 12.1 Å². The average Bonchev–Trinajstić information content (AvgIpc) is 3.17. The standard InChI is InChI=1S/C24H27N3O3/c1-17(2)30-23(28)13-22(20-11-9-18(3)10-12-20)26-24(29)21-14-25-27(16-21)15-19-7-5-4-6-8-19/h4-12,14,16-17,22H,13,15H2,1-3H3,(H,26,29). The molecular weight excluding hydrogens is 378 g/mol. The SMILES string of the molecule is Cc1ccc(C(CC(=O)OC(C)C)NC(=O)c2cnn(Cc3ccccc3)c2)cc1. The van der Waals surface area contributed by atoms with E-state index in [1.54, 1.807) is 24.7 Å². The predicted molar refractivity (Wildman–Crippen MR) is 115 cm³/mol. The van der Waals surface area contributed by atoms with Crippen molar-refractivity contribution in [3.63, 3.8) is 0 Å². The molecular formula is C24H27N3O3. The first-order chi connectivity index (χ1) is 14.4. The third-order valence-corrected chi connectivity index (χ3v) is 4.61. The molecule has 0 fully saturated rings. The van der Waals surface area contributed by atoms with Crippen LogP contribution in [0.4, 0.5) is 0 Å². The molecule has 30 heavy (non-hydrogen) atoms. The maximum atomic E-state index is 12.8. The number of nitrogens with zero attached hydrogens (tertiary/aromatic N) is 2. The Morgan fingerprint density at radius 1 is 1.07 bits per heavy atom. The van der Waals surface area contributed by atoms with Gasteiger partial charge in [0.15, 0.2) is 0 Å². The Morgan fingerprint density at radius 3 is 2.43 bits per heavy atom. The lowest BCUT2D eigenvalue weighted by Crippen LogP contribution is -2.31. The fourth-order valence-electron chi connectivity index (χ4n) is 3.11. The van der Waals surface area contributed by atoms with Gasteiger partial charge in [-0.2, -0.15) is 5.10 Å². The Hall–Kier alpha value is -3.41. The minimum absolute atomic E-state index is 0.0606. The lowest BCUT2D eigenvalue weighted by Gasteiger charge is -2.19. The molecule has 0 radical (unpaired) electrons. The largest absolute Gasteiger partial charge is 0.463 e. The molecule has 0 aliphatic heterocycles. The third kappa shape index (κ3) is 6.04. The molecule has 0 aliphatic rings. The molecule has 0 aliphatic carbocycles. The summed E-state index contributed by atoms with van der Waals surface area (Å²) in [5, 5.41) is 7.25. The normalized spacial score (nSPS) is 11.9. The van der Waals surface area contributed by atoms with Crippen LogP contribution in [0.3, 0.4) is 0 Å². The summed E-state index contributed by atoms with van der Waals surface area (Å²) >= 11 is 0. The average molecular weight is 405 g/mol. The van der Waals surface area contributed by atoms with Crippen LogP contribution in [0, 0.1) is 6.92 Å². The minimum Gasteiger partial charge on any atom is -0.463 e. The second kappa shape index (κ2) is 9.87. The number of nitrogens with one attached hydrogen (secondary N) is 1. The topological polar surface area (TPSA) is 73.2 Å². The van der Waals surface area contributed by atoms with Gasteiger partial charge in [0.05, 0.1) is 36.9 Å². The highest BCUT2D eigenvalue weighted by Gasteiger charge is 2.21. The zero-order valence-corrected chi connectivity index (χ0v) is 17.5. The van der Waals surface area contributed by atoms with E-state index in [0.717, 1.165) is 16.7 Å². The van der Waals surface area contributed by atoms with Crippen molar-refractivity contribution in [2.45, 2.75) is 45.9 Å². The number of aromatic nitrogens is 2. The third-order valence-electron chi connectivity index (χ3n) is 4.61. The molecule has 6 nitrogen and oxygen atoms in total. The molecule has 1 amide bonds. The summed E-state index contributed by atoms with van der Waals surface area (Å²) in [5.74, 6) is -0.632. The second-order valence-electron chi connectivity index (χ2n) is 7.59. The van der Waals surface area contributed by atoms with Gasteiger partial charge in [0, 0.05) is 6.20 Å². The Labute approximate surface area is 176 Å². The van der Waals surface area contributed by atoms with Gasteiger partial charge in [0.25, 0.3) is 5.91 Å². The zero-order valence-electron chi connectivity index (χ0n) is 17.5. The number of hydrogen-bond donors (Lipinski definition) is 1. The smallest absolute Gasteiger partial charge is 0.308 e. The monoisotopic (exact) mass is 405 g/mol. The predicted octanol–water partition coefficient (Wildman–Crippen LogP) is 4.05. The lowest BCUT2D eigenvalue weighted by atomic mass is 10.0. The summed E-state index contributed by atoms with van der Waals surface area (Å²) in [4.78, 5) is 25.1. The van der Waals surface area contributed by atoms with E-state index in [2.05, 4.69) is 10.4 Å². The van der Waals surface area contributed by atoms with E-state index >= 15 is 0 Å². The quantitative estimate of drug-likeness (QED) is 0.574. The lowest BCUT2D eigenvalue weighted by molar-refractivity contribution is -0.147. The van der Waals surface area contributed by atoms with Crippen LogP contribution in [0.5, 0.6) is 0 Å². The van der Waals surface area contributed by atoms with Gasteiger partial charge in [-0.05, 0) is 31.9 Å². The van der Waals surface area contributed by atoms with E-state index in [1.807, 2.05) is 61.5 Å². The van der Waals surface area contributed by atoms with Gasteiger partial charge in [-0.1, -0.05) is 60.2 Å². The molecule has 2 aromatic carbocycles. The molecule has 1 heterocycles. The van der Waals surface area contributed by atoms with Gasteiger partial charge in [0.1, 0.15) is 0 Å². The molecule has 3 rings (SSSR count). The molecule has 0 bridgehead atoms. The van der Waals surface area contributed by atoms with Crippen molar-refractivity contribution in [1.82, 2.24) is 15.1 Å². The van der Waals surface area contributed by atoms with Gasteiger partial charge >= 0.3 is 5.97 Å². The summed E-state index contributed by atoms with van der Waals surface area (Å²) in [5.41, 5.74) is 3.50. The van der Waals surface area contributed by atoms with Gasteiger partial charge in [0.2, 0.25) is 0 Å². The van der Waals surface area contributed by atoms with Crippen molar-refractivity contribution in [3.05, 3.63) is 89.2 Å². The first-order valence-electron chi connectivity index (χ1n) is 10.0. The van der Waals surface area contributed by atoms with E-state index < -0.39 is 6.04 Å². The van der Waals surface area contributed by atoms with E-state index in [4.69, 9.17) is 4.74 Å². The highest BCUT2D eigenvalue weighted by atomic mass is 16.5. The van der Waals surface area contributed by atoms with Gasteiger partial charge in [-0.3, -0.25) is 14.3 Å². The molecule has 0 saturated heterocycles. The number of ether oxygens (including phenoxy) is 1. The zero-order chi connectivity index (χ0) is 21.5. The first-order valence-corrected chi connectivity index (χ1v) is 10.0. The number of benzene rings is 2. The summed E-state index contributed by atoms with van der Waals surface area (Å²) in [6, 6.07) is 17.2. The highest BCUT2D eigenvalue weighted by molar-refractivity contribution is 5.94. The Bertz CT molecular complexity index is 978. The van der Waals surface area contributed by atoms with Crippen molar-refractivity contribution >= 4 is 11.9 Å². The number of esters is 1. The minimum atomic E-state index is -0.484. The molecule has 156 valence electrons. The molecule has 1 unspecified atom stereocenters. The van der Waals surface area contributed by atoms with Crippen LogP contribution in [0.1, 0.15) is 53.4 Å². The summed E-state index contributed by atoms with van der Waals surface area (Å²) < 4.78 is 7.00. The van der Waals surface area contributed by atoms with Crippen LogP contribution in [-0.4, -0.2) is 27.8 Å². The fraction of sp³-hybridized carbons (Fsp3) is 0.292. The number of rotatable bonds is 8. The van der Waals surface area contributed by atoms with Crippen molar-refractivity contribution in [3.8, 4) is 0 Å². The molecule has 1 atom stereocenters. The number of carbonyl (C=O) groups excluding carboxylic acids is 2. The summed E-state index contributed by atoms with van der Waals surface area (Å²) in [6.07, 6.45) is 3.10. The van der Waals surface area contributed by atoms with E-state index in [-0.39, 0.29) is 24.4 Å². The Morgan fingerprint density at radius 2 is 1.77 bits per heavy atom. The van der Waals surface area contributed by atoms with Crippen LogP contribution >= 0.6 is 0 Å². The van der Waals surface area contributed by atoms with Crippen LogP contribution < -0.4 is 5.32 Å². The molecule has 3 aromatic rings. The Kier molecular flexibility index (Phi) is 7.01. The number of hydrogen-bond acceptors (Lipinski definition) is 4. The highest BCUT2D eigenvalue weighted by Crippen LogP contribution is 2.19. The molecule has 0 saturated carbocycles. The molecule has 6 heteroatoms. The van der Waals surface area contributed by atoms with Gasteiger partial charge in [-0.25, -0.2) is 0 Å². The summed E-state index contributed by atoms with van der Waals surface area (Å²) in [7, 11) is 0. The molecule has 1 aromatic heterocycles. The maximum Gasteiger partial charge on any atom is 0.308 e. The number of aryl methyl sites for hydroxylation is 1. The van der Waals surface area contributed by atoms with Crippen molar-refractivity contribution in [2.75, 3.05) is 0 Å². The number of amides is 1.